The number of benzene rings is 2. The number of rotatable bonds is 5. The molecule has 0 N–H and O–H groups in total. The first-order chi connectivity index (χ1) is 14.0. The predicted molar refractivity (Wildman–Crippen MR) is 95.9 cm³/mol. The van der Waals surface area contributed by atoms with E-state index in [2.05, 4.69) is 0 Å². The Kier molecular flexibility index (Phi) is 4.90. The average molecular weight is 401 g/mol. The number of ketones is 1. The van der Waals surface area contributed by atoms with Crippen LogP contribution in [0.3, 0.4) is 0 Å². The minimum absolute atomic E-state index is 0.104. The first kappa shape index (κ1) is 18.5. The predicted octanol–water partition coefficient (Wildman–Crippen LogP) is 2.52. The zero-order chi connectivity index (χ0) is 20.4. The van der Waals surface area contributed by atoms with Gasteiger partial charge in [0.25, 0.3) is 5.69 Å². The standard InChI is InChI=1S/C19H15NO9/c21-14(11-2-3-15-16(6-11)26-5-1-4-25-15)9-27-19(22)12-7-17-18(29-10-28-17)8-13(12)20(23)24/h2-3,6-8H,1,4-5,9-10H2. The third-order valence-corrected chi connectivity index (χ3v) is 4.31. The molecule has 0 fully saturated rings. The molecule has 0 aromatic heterocycles. The molecule has 2 aliphatic rings. The molecule has 4 rings (SSSR count). The van der Waals surface area contributed by atoms with Gasteiger partial charge in [0.05, 0.1) is 24.2 Å². The molecule has 0 aliphatic carbocycles. The summed E-state index contributed by atoms with van der Waals surface area (Å²) in [5, 5.41) is 11.3. The molecule has 0 amide bonds. The molecular formula is C19H15NO9. The largest absolute Gasteiger partial charge is 0.490 e. The van der Waals surface area contributed by atoms with Gasteiger partial charge in [-0.15, -0.1) is 0 Å². The molecule has 2 heterocycles. The van der Waals surface area contributed by atoms with Crippen LogP contribution in [-0.4, -0.2) is 43.3 Å². The van der Waals surface area contributed by atoms with Crippen LogP contribution >= 0.6 is 0 Å². The minimum atomic E-state index is -1.02. The van der Waals surface area contributed by atoms with E-state index in [1.54, 1.807) is 6.07 Å². The van der Waals surface area contributed by atoms with Crippen molar-refractivity contribution in [3.8, 4) is 23.0 Å². The summed E-state index contributed by atoms with van der Waals surface area (Å²) in [6.07, 6.45) is 0.726. The molecule has 2 aromatic rings. The number of hydrogen-bond donors (Lipinski definition) is 0. The SMILES string of the molecule is O=C(COC(=O)c1cc2c(cc1[N+](=O)[O-])OCO2)c1ccc2c(c1)OCCCO2. The molecule has 2 aromatic carbocycles. The van der Waals surface area contributed by atoms with Crippen LogP contribution < -0.4 is 18.9 Å². The Bertz CT molecular complexity index is 1000. The van der Waals surface area contributed by atoms with Crippen LogP contribution in [-0.2, 0) is 4.74 Å². The van der Waals surface area contributed by atoms with E-state index in [0.717, 1.165) is 12.5 Å². The number of ether oxygens (including phenoxy) is 5. The van der Waals surface area contributed by atoms with Gasteiger partial charge in [-0.2, -0.15) is 0 Å². The van der Waals surface area contributed by atoms with Crippen molar-refractivity contribution in [3.05, 3.63) is 51.6 Å². The van der Waals surface area contributed by atoms with Crippen molar-refractivity contribution in [1.29, 1.82) is 0 Å². The Balaban J connectivity index is 1.48. The maximum absolute atomic E-state index is 12.4. The van der Waals surface area contributed by atoms with E-state index in [4.69, 9.17) is 23.7 Å². The van der Waals surface area contributed by atoms with E-state index in [0.29, 0.717) is 24.7 Å². The lowest BCUT2D eigenvalue weighted by Gasteiger charge is -2.09. The molecule has 0 bridgehead atoms. The lowest BCUT2D eigenvalue weighted by Crippen LogP contribution is -2.15. The second-order valence-corrected chi connectivity index (χ2v) is 6.19. The monoisotopic (exact) mass is 401 g/mol. The fourth-order valence-electron chi connectivity index (χ4n) is 2.87. The highest BCUT2D eigenvalue weighted by molar-refractivity contribution is 6.01. The van der Waals surface area contributed by atoms with Gasteiger partial charge in [-0.1, -0.05) is 0 Å². The zero-order valence-electron chi connectivity index (χ0n) is 15.0. The fourth-order valence-corrected chi connectivity index (χ4v) is 2.87. The molecule has 0 spiro atoms. The Morgan fingerprint density at radius 3 is 2.41 bits per heavy atom. The average Bonchev–Trinajstić information content (AvgIpc) is 3.05. The third-order valence-electron chi connectivity index (χ3n) is 4.31. The molecule has 10 nitrogen and oxygen atoms in total. The molecule has 2 aliphatic heterocycles. The first-order valence-electron chi connectivity index (χ1n) is 8.71. The fraction of sp³-hybridized carbons (Fsp3) is 0.263. The Labute approximate surface area is 164 Å². The highest BCUT2D eigenvalue weighted by Gasteiger charge is 2.28. The van der Waals surface area contributed by atoms with E-state index in [9.17, 15) is 19.7 Å². The van der Waals surface area contributed by atoms with Gasteiger partial charge in [0, 0.05) is 18.1 Å². The summed E-state index contributed by atoms with van der Waals surface area (Å²) in [4.78, 5) is 35.3. The molecule has 0 radical (unpaired) electrons. The summed E-state index contributed by atoms with van der Waals surface area (Å²) < 4.78 is 26.3. The Morgan fingerprint density at radius 2 is 1.66 bits per heavy atom. The minimum Gasteiger partial charge on any atom is -0.490 e. The van der Waals surface area contributed by atoms with E-state index in [1.807, 2.05) is 0 Å². The maximum Gasteiger partial charge on any atom is 0.345 e. The van der Waals surface area contributed by atoms with E-state index in [-0.39, 0.29) is 29.4 Å². The molecule has 0 saturated heterocycles. The number of carbonyl (C=O) groups is 2. The zero-order valence-corrected chi connectivity index (χ0v) is 15.0. The van der Waals surface area contributed by atoms with Gasteiger partial charge in [-0.25, -0.2) is 4.79 Å². The van der Waals surface area contributed by atoms with Crippen LogP contribution in [0.1, 0.15) is 27.1 Å². The number of nitro benzene ring substituents is 1. The summed E-state index contributed by atoms with van der Waals surface area (Å²) in [6.45, 7) is 0.289. The van der Waals surface area contributed by atoms with Gasteiger partial charge >= 0.3 is 5.97 Å². The van der Waals surface area contributed by atoms with Gasteiger partial charge in [0.2, 0.25) is 6.79 Å². The maximum atomic E-state index is 12.4. The van der Waals surface area contributed by atoms with E-state index >= 15 is 0 Å². The van der Waals surface area contributed by atoms with E-state index in [1.165, 1.54) is 18.2 Å². The number of carbonyl (C=O) groups excluding carboxylic acids is 2. The van der Waals surface area contributed by atoms with Crippen molar-refractivity contribution >= 4 is 17.4 Å². The lowest BCUT2D eigenvalue weighted by atomic mass is 10.1. The van der Waals surface area contributed by atoms with Crippen molar-refractivity contribution < 1.29 is 38.2 Å². The molecule has 0 atom stereocenters. The van der Waals surface area contributed by atoms with Gasteiger partial charge in [-0.3, -0.25) is 14.9 Å². The van der Waals surface area contributed by atoms with Crippen LogP contribution in [0.2, 0.25) is 0 Å². The quantitative estimate of drug-likeness (QED) is 0.322. The number of nitro groups is 1. The van der Waals surface area contributed by atoms with Gasteiger partial charge in [0.15, 0.2) is 35.4 Å². The molecule has 29 heavy (non-hydrogen) atoms. The van der Waals surface area contributed by atoms with Crippen molar-refractivity contribution in [1.82, 2.24) is 0 Å². The number of Topliss-reactive ketones (excluding diaryl/α,β-unsaturated/α-hetero) is 1. The molecule has 0 saturated carbocycles. The summed E-state index contributed by atoms with van der Waals surface area (Å²) in [5.74, 6) is -0.179. The van der Waals surface area contributed by atoms with Crippen molar-refractivity contribution in [2.24, 2.45) is 0 Å². The molecule has 10 heteroatoms. The topological polar surface area (TPSA) is 123 Å². The van der Waals surface area contributed by atoms with Crippen LogP contribution in [0.25, 0.3) is 0 Å². The number of hydrogen-bond acceptors (Lipinski definition) is 9. The van der Waals surface area contributed by atoms with Crippen molar-refractivity contribution in [3.63, 3.8) is 0 Å². The second-order valence-electron chi connectivity index (χ2n) is 6.19. The number of esters is 1. The smallest absolute Gasteiger partial charge is 0.345 e. The summed E-state index contributed by atoms with van der Waals surface area (Å²) in [6, 6.07) is 6.91. The van der Waals surface area contributed by atoms with Crippen molar-refractivity contribution in [2.45, 2.75) is 6.42 Å². The van der Waals surface area contributed by atoms with Gasteiger partial charge in [-0.05, 0) is 18.2 Å². The van der Waals surface area contributed by atoms with Crippen LogP contribution in [0.4, 0.5) is 5.69 Å². The first-order valence-corrected chi connectivity index (χ1v) is 8.71. The van der Waals surface area contributed by atoms with Crippen LogP contribution in [0, 0.1) is 10.1 Å². The van der Waals surface area contributed by atoms with Gasteiger partial charge in [0.1, 0.15) is 5.56 Å². The van der Waals surface area contributed by atoms with Gasteiger partial charge < -0.3 is 23.7 Å². The summed E-state index contributed by atoms with van der Waals surface area (Å²) in [5.41, 5.74) is -0.560. The highest BCUT2D eigenvalue weighted by Crippen LogP contribution is 2.38. The van der Waals surface area contributed by atoms with Crippen LogP contribution in [0.15, 0.2) is 30.3 Å². The Hall–Kier alpha value is -3.82. The summed E-state index contributed by atoms with van der Waals surface area (Å²) >= 11 is 0. The molecule has 0 unspecified atom stereocenters. The normalized spacial score (nSPS) is 14.1. The Morgan fingerprint density at radius 1 is 0.966 bits per heavy atom. The van der Waals surface area contributed by atoms with Crippen LogP contribution in [0.5, 0.6) is 23.0 Å². The molecule has 150 valence electrons. The lowest BCUT2D eigenvalue weighted by molar-refractivity contribution is -0.385. The number of nitrogens with zero attached hydrogens (tertiary/aromatic N) is 1. The number of fused-ring (bicyclic) bond motifs is 2. The summed E-state index contributed by atoms with van der Waals surface area (Å²) in [7, 11) is 0. The third kappa shape index (κ3) is 3.77. The van der Waals surface area contributed by atoms with E-state index < -0.39 is 29.0 Å². The second kappa shape index (κ2) is 7.66. The van der Waals surface area contributed by atoms with Crippen molar-refractivity contribution in [2.75, 3.05) is 26.6 Å². The molecular weight excluding hydrogens is 386 g/mol. The highest BCUT2D eigenvalue weighted by atomic mass is 16.7.